The number of aromatic amines is 1. The van der Waals surface area contributed by atoms with Crippen molar-refractivity contribution in [2.75, 3.05) is 25.5 Å². The van der Waals surface area contributed by atoms with Crippen LogP contribution >= 0.6 is 11.6 Å². The first-order valence-electron chi connectivity index (χ1n) is 11.5. The standard InChI is InChI=1S/C26H25ClN4O4S/c1-35-24-11-6-18(27)16-21(24)26(32)28-19-7-9-20(10-8-19)36(33,34)31-14-12-17(13-15-31)25-29-22-4-2-3-5-23(22)30-25/h2-11,16-17H,12-15H2,1H3,(H,28,32)(H,29,30). The number of hydrogen-bond acceptors (Lipinski definition) is 5. The van der Waals surface area contributed by atoms with Gasteiger partial charge in [-0.1, -0.05) is 23.7 Å². The number of H-pyrrole nitrogens is 1. The topological polar surface area (TPSA) is 104 Å². The van der Waals surface area contributed by atoms with Crippen LogP contribution in [0.15, 0.2) is 71.6 Å². The molecule has 36 heavy (non-hydrogen) atoms. The first-order valence-corrected chi connectivity index (χ1v) is 13.4. The average molecular weight is 525 g/mol. The van der Waals surface area contributed by atoms with E-state index in [4.69, 9.17) is 16.3 Å². The smallest absolute Gasteiger partial charge is 0.259 e. The number of ether oxygens (including phenoxy) is 1. The van der Waals surface area contributed by atoms with E-state index in [0.29, 0.717) is 42.4 Å². The third-order valence-electron chi connectivity index (χ3n) is 6.40. The quantitative estimate of drug-likeness (QED) is 0.367. The maximum Gasteiger partial charge on any atom is 0.259 e. The van der Waals surface area contributed by atoms with Crippen LogP contribution in [0.4, 0.5) is 5.69 Å². The number of para-hydroxylation sites is 2. The molecule has 2 N–H and O–H groups in total. The summed E-state index contributed by atoms with van der Waals surface area (Å²) in [4.78, 5) is 20.9. The minimum atomic E-state index is -3.65. The molecule has 8 nitrogen and oxygen atoms in total. The Balaban J connectivity index is 1.24. The molecular weight excluding hydrogens is 500 g/mol. The van der Waals surface area contributed by atoms with Crippen LogP contribution in [0.25, 0.3) is 11.0 Å². The molecule has 0 saturated carbocycles. The molecule has 1 aliphatic rings. The molecule has 4 aromatic rings. The van der Waals surface area contributed by atoms with E-state index in [9.17, 15) is 13.2 Å². The normalized spacial score (nSPS) is 15.2. The van der Waals surface area contributed by atoms with Crippen molar-refractivity contribution in [1.29, 1.82) is 0 Å². The van der Waals surface area contributed by atoms with E-state index in [1.165, 1.54) is 29.6 Å². The number of piperidine rings is 1. The Kier molecular flexibility index (Phi) is 6.70. The van der Waals surface area contributed by atoms with Gasteiger partial charge < -0.3 is 15.0 Å². The monoisotopic (exact) mass is 524 g/mol. The van der Waals surface area contributed by atoms with Crippen LogP contribution in [0.1, 0.15) is 34.9 Å². The predicted octanol–water partition coefficient (Wildman–Crippen LogP) is 5.05. The van der Waals surface area contributed by atoms with Gasteiger partial charge in [-0.3, -0.25) is 4.79 Å². The lowest BCUT2D eigenvalue weighted by Crippen LogP contribution is -2.38. The zero-order valence-corrected chi connectivity index (χ0v) is 21.1. The Morgan fingerprint density at radius 3 is 2.50 bits per heavy atom. The number of benzene rings is 3. The first kappa shape index (κ1) is 24.3. The number of amides is 1. The highest BCUT2D eigenvalue weighted by atomic mass is 35.5. The van der Waals surface area contributed by atoms with Crippen molar-refractivity contribution in [1.82, 2.24) is 14.3 Å². The summed E-state index contributed by atoms with van der Waals surface area (Å²) in [7, 11) is -2.18. The third-order valence-corrected chi connectivity index (χ3v) is 8.55. The fraction of sp³-hybridized carbons (Fsp3) is 0.231. The zero-order chi connectivity index (χ0) is 25.3. The lowest BCUT2D eigenvalue weighted by molar-refractivity contribution is 0.102. The lowest BCUT2D eigenvalue weighted by atomic mass is 9.97. The second-order valence-corrected chi connectivity index (χ2v) is 11.0. The van der Waals surface area contributed by atoms with E-state index in [0.717, 1.165) is 16.9 Å². The van der Waals surface area contributed by atoms with Gasteiger partial charge >= 0.3 is 0 Å². The van der Waals surface area contributed by atoms with Crippen molar-refractivity contribution in [2.45, 2.75) is 23.7 Å². The van der Waals surface area contributed by atoms with Crippen molar-refractivity contribution in [3.63, 3.8) is 0 Å². The number of anilines is 1. The molecule has 0 bridgehead atoms. The highest BCUT2D eigenvalue weighted by Crippen LogP contribution is 2.31. The Labute approximate surface area is 214 Å². The van der Waals surface area contributed by atoms with Crippen molar-refractivity contribution in [3.8, 4) is 5.75 Å². The summed E-state index contributed by atoms with van der Waals surface area (Å²) >= 11 is 6.02. The zero-order valence-electron chi connectivity index (χ0n) is 19.6. The van der Waals surface area contributed by atoms with E-state index >= 15 is 0 Å². The number of nitrogens with zero attached hydrogens (tertiary/aromatic N) is 2. The number of methoxy groups -OCH3 is 1. The van der Waals surface area contributed by atoms with Gasteiger partial charge in [0.2, 0.25) is 10.0 Å². The Morgan fingerprint density at radius 1 is 1.08 bits per heavy atom. The molecule has 0 unspecified atom stereocenters. The van der Waals surface area contributed by atoms with Crippen LogP contribution in [-0.2, 0) is 10.0 Å². The van der Waals surface area contributed by atoms with Crippen molar-refractivity contribution >= 4 is 44.3 Å². The summed E-state index contributed by atoms with van der Waals surface area (Å²) < 4.78 is 33.2. The number of nitrogens with one attached hydrogen (secondary N) is 2. The molecular formula is C26H25ClN4O4S. The number of carbonyl (C=O) groups excluding carboxylic acids is 1. The van der Waals surface area contributed by atoms with E-state index in [2.05, 4.69) is 15.3 Å². The van der Waals surface area contributed by atoms with Crippen LogP contribution in [-0.4, -0.2) is 48.8 Å². The number of aromatic nitrogens is 2. The van der Waals surface area contributed by atoms with Gasteiger partial charge in [-0.05, 0) is 67.4 Å². The molecule has 1 fully saturated rings. The van der Waals surface area contributed by atoms with Gasteiger partial charge in [-0.25, -0.2) is 13.4 Å². The maximum atomic E-state index is 13.2. The van der Waals surface area contributed by atoms with E-state index < -0.39 is 15.9 Å². The maximum absolute atomic E-state index is 13.2. The summed E-state index contributed by atoms with van der Waals surface area (Å²) in [6.45, 7) is 0.828. The molecule has 0 atom stereocenters. The second kappa shape index (κ2) is 9.93. The number of sulfonamides is 1. The van der Waals surface area contributed by atoms with Crippen LogP contribution in [0, 0.1) is 0 Å². The van der Waals surface area contributed by atoms with Crippen molar-refractivity contribution < 1.29 is 17.9 Å². The van der Waals surface area contributed by atoms with Crippen molar-refractivity contribution in [2.24, 2.45) is 0 Å². The summed E-state index contributed by atoms with van der Waals surface area (Å²) in [5.74, 6) is 1.08. The average Bonchev–Trinajstić information content (AvgIpc) is 3.33. The lowest BCUT2D eigenvalue weighted by Gasteiger charge is -2.30. The number of imidazole rings is 1. The molecule has 0 aliphatic carbocycles. The van der Waals surface area contributed by atoms with Gasteiger partial charge in [0.05, 0.1) is 28.6 Å². The minimum absolute atomic E-state index is 0.183. The summed E-state index contributed by atoms with van der Waals surface area (Å²) in [5.41, 5.74) is 2.66. The largest absolute Gasteiger partial charge is 0.496 e. The predicted molar refractivity (Wildman–Crippen MR) is 139 cm³/mol. The van der Waals surface area contributed by atoms with Gasteiger partial charge in [-0.2, -0.15) is 4.31 Å². The Morgan fingerprint density at radius 2 is 1.81 bits per heavy atom. The second-order valence-electron chi connectivity index (χ2n) is 8.64. The molecule has 5 rings (SSSR count). The van der Waals surface area contributed by atoms with Gasteiger partial charge in [0.1, 0.15) is 11.6 Å². The number of halogens is 1. The highest BCUT2D eigenvalue weighted by molar-refractivity contribution is 7.89. The fourth-order valence-corrected chi connectivity index (χ4v) is 6.09. The number of fused-ring (bicyclic) bond motifs is 1. The third kappa shape index (κ3) is 4.82. The summed E-state index contributed by atoms with van der Waals surface area (Å²) in [5, 5.41) is 3.17. The van der Waals surface area contributed by atoms with Crippen LogP contribution in [0.5, 0.6) is 5.75 Å². The molecule has 1 aromatic heterocycles. The molecule has 0 spiro atoms. The molecule has 10 heteroatoms. The van der Waals surface area contributed by atoms with E-state index in [1.807, 2.05) is 24.3 Å². The number of hydrogen-bond donors (Lipinski definition) is 2. The van der Waals surface area contributed by atoms with Gasteiger partial charge in [0.15, 0.2) is 0 Å². The SMILES string of the molecule is COc1ccc(Cl)cc1C(=O)Nc1ccc(S(=O)(=O)N2CCC(c3nc4ccccc4[nH]3)CC2)cc1. The van der Waals surface area contributed by atoms with Crippen LogP contribution in [0.2, 0.25) is 5.02 Å². The van der Waals surface area contributed by atoms with E-state index in [-0.39, 0.29) is 16.4 Å². The highest BCUT2D eigenvalue weighted by Gasteiger charge is 2.31. The molecule has 1 aliphatic heterocycles. The summed E-state index contributed by atoms with van der Waals surface area (Å²) in [6, 6.07) is 18.8. The van der Waals surface area contributed by atoms with Crippen LogP contribution in [0.3, 0.4) is 0 Å². The molecule has 186 valence electrons. The first-order chi connectivity index (χ1) is 17.3. The van der Waals surface area contributed by atoms with Gasteiger partial charge in [-0.15, -0.1) is 0 Å². The molecule has 3 aromatic carbocycles. The van der Waals surface area contributed by atoms with Crippen molar-refractivity contribution in [3.05, 3.63) is 83.1 Å². The minimum Gasteiger partial charge on any atom is -0.496 e. The van der Waals surface area contributed by atoms with E-state index in [1.54, 1.807) is 24.3 Å². The molecule has 2 heterocycles. The number of carbonyl (C=O) groups is 1. The molecule has 1 amide bonds. The summed E-state index contributed by atoms with van der Waals surface area (Å²) in [6.07, 6.45) is 1.38. The molecule has 0 radical (unpaired) electrons. The van der Waals surface area contributed by atoms with Crippen LogP contribution < -0.4 is 10.1 Å². The van der Waals surface area contributed by atoms with Gasteiger partial charge in [0.25, 0.3) is 5.91 Å². The molecule has 1 saturated heterocycles. The Hall–Kier alpha value is -3.40. The number of rotatable bonds is 6. The van der Waals surface area contributed by atoms with Gasteiger partial charge in [0, 0.05) is 29.7 Å². The Bertz CT molecular complexity index is 1480. The fourth-order valence-electron chi connectivity index (χ4n) is 4.45.